The summed E-state index contributed by atoms with van der Waals surface area (Å²) in [6.07, 6.45) is 5.20. The third-order valence-corrected chi connectivity index (χ3v) is 5.20. The number of carbonyl (C=O) groups excluding carboxylic acids is 1. The normalized spacial score (nSPS) is 22.3. The first-order valence-corrected chi connectivity index (χ1v) is 9.21. The largest absolute Gasteiger partial charge is 0.360 e. The van der Waals surface area contributed by atoms with E-state index in [0.29, 0.717) is 10.9 Å². The van der Waals surface area contributed by atoms with Crippen molar-refractivity contribution in [3.63, 3.8) is 0 Å². The van der Waals surface area contributed by atoms with Crippen LogP contribution in [0.5, 0.6) is 0 Å². The van der Waals surface area contributed by atoms with Crippen molar-refractivity contribution in [3.8, 4) is 0 Å². The molecule has 0 bridgehead atoms. The third kappa shape index (κ3) is 3.20. The molecule has 1 N–H and O–H groups in total. The number of amides is 1. The summed E-state index contributed by atoms with van der Waals surface area (Å²) in [5.74, 6) is 0.0992. The van der Waals surface area contributed by atoms with Crippen molar-refractivity contribution in [1.29, 1.82) is 0 Å². The van der Waals surface area contributed by atoms with Gasteiger partial charge in [0.2, 0.25) is 5.91 Å². The van der Waals surface area contributed by atoms with E-state index in [1.54, 1.807) is 24.3 Å². The minimum Gasteiger partial charge on any atom is -0.360 e. The van der Waals surface area contributed by atoms with Crippen molar-refractivity contribution < 1.29 is 13.2 Å². The number of carbonyl (C=O) groups is 1. The molecule has 2 aliphatic rings. The number of benzene rings is 1. The first kappa shape index (κ1) is 14.4. The van der Waals surface area contributed by atoms with Crippen molar-refractivity contribution in [1.82, 2.24) is 5.32 Å². The summed E-state index contributed by atoms with van der Waals surface area (Å²) >= 11 is 0. The smallest absolute Gasteiger partial charge is 0.242 e. The lowest BCUT2D eigenvalue weighted by Crippen LogP contribution is -2.44. The van der Waals surface area contributed by atoms with Crippen LogP contribution in [0.4, 0.5) is 5.69 Å². The molecule has 21 heavy (non-hydrogen) atoms. The number of anilines is 1. The molecule has 1 atom stereocenters. The average molecular weight is 308 g/mol. The van der Waals surface area contributed by atoms with E-state index in [0.717, 1.165) is 37.9 Å². The van der Waals surface area contributed by atoms with E-state index in [1.165, 1.54) is 6.26 Å². The molecule has 3 rings (SSSR count). The summed E-state index contributed by atoms with van der Waals surface area (Å²) in [6, 6.07) is 7.04. The molecule has 6 heteroatoms. The first-order valence-electron chi connectivity index (χ1n) is 7.32. The third-order valence-electron chi connectivity index (χ3n) is 4.08. The van der Waals surface area contributed by atoms with Crippen LogP contribution in [0.25, 0.3) is 0 Å². The minimum atomic E-state index is -3.18. The van der Waals surface area contributed by atoms with E-state index >= 15 is 0 Å². The Morgan fingerprint density at radius 1 is 1.19 bits per heavy atom. The molecule has 1 aromatic rings. The second kappa shape index (κ2) is 5.33. The molecule has 114 valence electrons. The summed E-state index contributed by atoms with van der Waals surface area (Å²) in [7, 11) is -3.18. The minimum absolute atomic E-state index is 0.0992. The molecule has 5 nitrogen and oxygen atoms in total. The van der Waals surface area contributed by atoms with Gasteiger partial charge >= 0.3 is 0 Å². The lowest BCUT2D eigenvalue weighted by molar-refractivity contribution is -0.122. The molecule has 0 aromatic heterocycles. The van der Waals surface area contributed by atoms with Gasteiger partial charge in [-0.25, -0.2) is 8.42 Å². The van der Waals surface area contributed by atoms with Gasteiger partial charge in [0, 0.05) is 24.5 Å². The topological polar surface area (TPSA) is 66.5 Å². The van der Waals surface area contributed by atoms with Gasteiger partial charge in [-0.15, -0.1) is 0 Å². The Morgan fingerprint density at radius 3 is 2.43 bits per heavy atom. The Hall–Kier alpha value is -1.56. The Labute approximate surface area is 125 Å². The number of hydrogen-bond donors (Lipinski definition) is 1. The van der Waals surface area contributed by atoms with Crippen molar-refractivity contribution in [2.24, 2.45) is 0 Å². The zero-order chi connectivity index (χ0) is 15.0. The molecule has 1 saturated heterocycles. The van der Waals surface area contributed by atoms with Crippen LogP contribution in [0, 0.1) is 0 Å². The predicted octanol–water partition coefficient (Wildman–Crippen LogP) is 1.34. The quantitative estimate of drug-likeness (QED) is 0.911. The molecule has 1 aromatic carbocycles. The standard InChI is InChI=1S/C15H20N2O3S/c1-21(19,20)13-8-6-12(7-9-13)17-10-2-3-14(17)15(18)16-11-4-5-11/h6-9,11,14H,2-5,10H2,1H3,(H,16,18)/t14-/m0/s1. The van der Waals surface area contributed by atoms with Gasteiger partial charge in [0.15, 0.2) is 9.84 Å². The number of hydrogen-bond acceptors (Lipinski definition) is 4. The Kier molecular flexibility index (Phi) is 3.65. The van der Waals surface area contributed by atoms with Gasteiger partial charge in [-0.3, -0.25) is 4.79 Å². The second-order valence-corrected chi connectivity index (χ2v) is 7.92. The molecular formula is C15H20N2O3S. The van der Waals surface area contributed by atoms with Crippen LogP contribution in [-0.2, 0) is 14.6 Å². The van der Waals surface area contributed by atoms with E-state index in [4.69, 9.17) is 0 Å². The predicted molar refractivity (Wildman–Crippen MR) is 81.1 cm³/mol. The van der Waals surface area contributed by atoms with Crippen LogP contribution < -0.4 is 10.2 Å². The van der Waals surface area contributed by atoms with Gasteiger partial charge in [0.1, 0.15) is 6.04 Å². The number of nitrogens with one attached hydrogen (secondary N) is 1. The maximum atomic E-state index is 12.3. The molecular weight excluding hydrogens is 288 g/mol. The Morgan fingerprint density at radius 2 is 1.86 bits per heavy atom. The molecule has 0 radical (unpaired) electrons. The molecule has 1 saturated carbocycles. The fraction of sp³-hybridized carbons (Fsp3) is 0.533. The molecule has 2 fully saturated rings. The van der Waals surface area contributed by atoms with Gasteiger partial charge in [-0.1, -0.05) is 0 Å². The average Bonchev–Trinajstić information content (AvgIpc) is 3.11. The van der Waals surface area contributed by atoms with Crippen molar-refractivity contribution in [3.05, 3.63) is 24.3 Å². The van der Waals surface area contributed by atoms with Crippen molar-refractivity contribution in [2.75, 3.05) is 17.7 Å². The summed E-state index contributed by atoms with van der Waals surface area (Å²) in [6.45, 7) is 0.834. The zero-order valence-electron chi connectivity index (χ0n) is 12.1. The van der Waals surface area contributed by atoms with Crippen molar-refractivity contribution >= 4 is 21.4 Å². The highest BCUT2D eigenvalue weighted by Crippen LogP contribution is 2.28. The van der Waals surface area contributed by atoms with E-state index < -0.39 is 9.84 Å². The zero-order valence-corrected chi connectivity index (χ0v) is 12.9. The van der Waals surface area contributed by atoms with Gasteiger partial charge in [-0.2, -0.15) is 0 Å². The van der Waals surface area contributed by atoms with Gasteiger partial charge in [0.05, 0.1) is 4.90 Å². The lowest BCUT2D eigenvalue weighted by Gasteiger charge is -2.26. The molecule has 1 aliphatic heterocycles. The number of nitrogens with zero attached hydrogens (tertiary/aromatic N) is 1. The summed E-state index contributed by atoms with van der Waals surface area (Å²) < 4.78 is 23.0. The first-order chi connectivity index (χ1) is 9.95. The van der Waals surface area contributed by atoms with E-state index in [9.17, 15) is 13.2 Å². The van der Waals surface area contributed by atoms with Crippen LogP contribution in [-0.4, -0.2) is 39.2 Å². The van der Waals surface area contributed by atoms with Crippen LogP contribution in [0.15, 0.2) is 29.2 Å². The van der Waals surface area contributed by atoms with Crippen molar-refractivity contribution in [2.45, 2.75) is 42.7 Å². The lowest BCUT2D eigenvalue weighted by atomic mass is 10.2. The van der Waals surface area contributed by atoms with E-state index in [2.05, 4.69) is 10.2 Å². The van der Waals surface area contributed by atoms with Crippen LogP contribution in [0.2, 0.25) is 0 Å². The van der Waals surface area contributed by atoms with E-state index in [-0.39, 0.29) is 11.9 Å². The fourth-order valence-corrected chi connectivity index (χ4v) is 3.39. The molecule has 0 spiro atoms. The summed E-state index contributed by atoms with van der Waals surface area (Å²) in [5.41, 5.74) is 0.913. The maximum Gasteiger partial charge on any atom is 0.242 e. The van der Waals surface area contributed by atoms with Crippen LogP contribution >= 0.6 is 0 Å². The summed E-state index contributed by atoms with van der Waals surface area (Å²) in [5, 5.41) is 3.05. The van der Waals surface area contributed by atoms with Crippen LogP contribution in [0.1, 0.15) is 25.7 Å². The summed E-state index contributed by atoms with van der Waals surface area (Å²) in [4.78, 5) is 14.6. The maximum absolute atomic E-state index is 12.3. The Balaban J connectivity index is 1.76. The monoisotopic (exact) mass is 308 g/mol. The molecule has 1 amide bonds. The highest BCUT2D eigenvalue weighted by Gasteiger charge is 2.34. The van der Waals surface area contributed by atoms with Gasteiger partial charge in [-0.05, 0) is 49.9 Å². The van der Waals surface area contributed by atoms with Gasteiger partial charge in [0.25, 0.3) is 0 Å². The highest BCUT2D eigenvalue weighted by atomic mass is 32.2. The number of rotatable bonds is 4. The number of sulfone groups is 1. The molecule has 1 aliphatic carbocycles. The molecule has 1 heterocycles. The Bertz CT molecular complexity index is 635. The molecule has 0 unspecified atom stereocenters. The fourth-order valence-electron chi connectivity index (χ4n) is 2.76. The van der Waals surface area contributed by atoms with Gasteiger partial charge < -0.3 is 10.2 Å². The highest BCUT2D eigenvalue weighted by molar-refractivity contribution is 7.90. The second-order valence-electron chi connectivity index (χ2n) is 5.90. The SMILES string of the molecule is CS(=O)(=O)c1ccc(N2CCC[C@H]2C(=O)NC2CC2)cc1. The van der Waals surface area contributed by atoms with E-state index in [1.807, 2.05) is 0 Å². The van der Waals surface area contributed by atoms with Crippen LogP contribution in [0.3, 0.4) is 0 Å².